The first-order valence-electron chi connectivity index (χ1n) is 12.1. The van der Waals surface area contributed by atoms with Crippen molar-refractivity contribution in [2.45, 2.75) is 18.0 Å². The van der Waals surface area contributed by atoms with Crippen LogP contribution < -0.4 is 0 Å². The van der Waals surface area contributed by atoms with Gasteiger partial charge in [0.1, 0.15) is 0 Å². The van der Waals surface area contributed by atoms with E-state index in [0.717, 1.165) is 0 Å². The van der Waals surface area contributed by atoms with Crippen molar-refractivity contribution in [1.82, 2.24) is 14.5 Å². The molecule has 0 aliphatic heterocycles. The minimum absolute atomic E-state index is 0.0548. The SMILES string of the molecule is Cn1cncc1C(O)(c1ccc(Cl)cc1)c1ccc2nc(C(F)(F)F)c(-c3ccccc3)c(Cl)c2c1.O=C(O)C(F)(F)F. The van der Waals surface area contributed by atoms with Crippen LogP contribution in [-0.4, -0.2) is 36.9 Å². The number of benzene rings is 3. The summed E-state index contributed by atoms with van der Waals surface area (Å²) in [6, 6.07) is 19.3. The van der Waals surface area contributed by atoms with E-state index in [0.29, 0.717) is 21.8 Å². The Labute approximate surface area is 249 Å². The number of hydrogen-bond acceptors (Lipinski definition) is 4. The van der Waals surface area contributed by atoms with Crippen molar-refractivity contribution in [3.05, 3.63) is 118 Å². The van der Waals surface area contributed by atoms with E-state index in [1.54, 1.807) is 78.6 Å². The van der Waals surface area contributed by atoms with Gasteiger partial charge >= 0.3 is 18.3 Å². The summed E-state index contributed by atoms with van der Waals surface area (Å²) in [5, 5.41) is 19.9. The third-order valence-electron chi connectivity index (χ3n) is 6.36. The number of aromatic nitrogens is 3. The molecule has 0 amide bonds. The summed E-state index contributed by atoms with van der Waals surface area (Å²) >= 11 is 12.7. The number of halogens is 8. The van der Waals surface area contributed by atoms with Crippen molar-refractivity contribution in [3.63, 3.8) is 0 Å². The average molecular weight is 642 g/mol. The maximum absolute atomic E-state index is 14.0. The Morgan fingerprint density at radius 2 is 1.47 bits per heavy atom. The molecular weight excluding hydrogens is 623 g/mol. The Hall–Kier alpha value is -4.13. The zero-order chi connectivity index (χ0) is 31.7. The van der Waals surface area contributed by atoms with Gasteiger partial charge in [-0.15, -0.1) is 0 Å². The Morgan fingerprint density at radius 1 is 0.884 bits per heavy atom. The van der Waals surface area contributed by atoms with Gasteiger partial charge in [0.15, 0.2) is 11.3 Å². The standard InChI is InChI=1S/C27H18Cl2F3N3O.C2HF3O2/c1-35-15-33-14-22(35)26(36,17-7-10-19(28)11-8-17)18-9-12-21-20(13-18)24(29)23(16-5-3-2-4-6-16)25(34-21)27(30,31)32;3-2(4,5)1(6)7/h2-15,36H,1H3;(H,6,7). The Kier molecular flexibility index (Phi) is 8.77. The Morgan fingerprint density at radius 3 is 1.98 bits per heavy atom. The molecule has 1 unspecified atom stereocenters. The fourth-order valence-electron chi connectivity index (χ4n) is 4.38. The number of carbonyl (C=O) groups is 1. The average Bonchev–Trinajstić information content (AvgIpc) is 3.39. The van der Waals surface area contributed by atoms with E-state index in [2.05, 4.69) is 9.97 Å². The first-order valence-corrected chi connectivity index (χ1v) is 12.8. The van der Waals surface area contributed by atoms with E-state index in [9.17, 15) is 31.4 Å². The quantitative estimate of drug-likeness (QED) is 0.195. The number of nitrogens with zero attached hydrogens (tertiary/aromatic N) is 3. The predicted octanol–water partition coefficient (Wildman–Crippen LogP) is 7.88. The van der Waals surface area contributed by atoms with E-state index in [4.69, 9.17) is 33.1 Å². The topological polar surface area (TPSA) is 88.2 Å². The highest BCUT2D eigenvalue weighted by atomic mass is 35.5. The van der Waals surface area contributed by atoms with Gasteiger partial charge < -0.3 is 14.8 Å². The minimum atomic E-state index is -5.08. The van der Waals surface area contributed by atoms with Crippen LogP contribution in [0.2, 0.25) is 10.0 Å². The maximum atomic E-state index is 14.0. The van der Waals surface area contributed by atoms with E-state index < -0.39 is 29.6 Å². The Bertz CT molecular complexity index is 1780. The van der Waals surface area contributed by atoms with Crippen molar-refractivity contribution in [1.29, 1.82) is 0 Å². The molecule has 43 heavy (non-hydrogen) atoms. The predicted molar refractivity (Wildman–Crippen MR) is 148 cm³/mol. The van der Waals surface area contributed by atoms with Gasteiger partial charge in [-0.05, 0) is 41.0 Å². The number of aryl methyl sites for hydroxylation is 1. The van der Waals surface area contributed by atoms with Gasteiger partial charge in [0.2, 0.25) is 0 Å². The number of hydrogen-bond donors (Lipinski definition) is 2. The lowest BCUT2D eigenvalue weighted by Crippen LogP contribution is -2.31. The third-order valence-corrected chi connectivity index (χ3v) is 7.01. The molecule has 0 aliphatic carbocycles. The summed E-state index contributed by atoms with van der Waals surface area (Å²) < 4.78 is 75.4. The van der Waals surface area contributed by atoms with Crippen molar-refractivity contribution >= 4 is 40.1 Å². The molecule has 14 heteroatoms. The van der Waals surface area contributed by atoms with Crippen LogP contribution >= 0.6 is 23.2 Å². The number of carboxylic acid groups (broad SMARTS) is 1. The molecule has 0 spiro atoms. The molecule has 2 heterocycles. The Balaban J connectivity index is 0.000000541. The highest BCUT2D eigenvalue weighted by Crippen LogP contribution is 2.45. The molecule has 2 N–H and O–H groups in total. The molecule has 0 fully saturated rings. The number of carboxylic acids is 1. The zero-order valence-corrected chi connectivity index (χ0v) is 23.3. The van der Waals surface area contributed by atoms with Crippen LogP contribution in [0.4, 0.5) is 26.3 Å². The number of alkyl halides is 6. The number of fused-ring (bicyclic) bond motifs is 1. The van der Waals surface area contributed by atoms with E-state index in [1.165, 1.54) is 18.3 Å². The second-order valence-electron chi connectivity index (χ2n) is 9.16. The van der Waals surface area contributed by atoms with Gasteiger partial charge in [-0.1, -0.05) is 71.7 Å². The lowest BCUT2D eigenvalue weighted by Gasteiger charge is -2.30. The molecule has 0 bridgehead atoms. The van der Waals surface area contributed by atoms with Crippen LogP contribution in [0.5, 0.6) is 0 Å². The van der Waals surface area contributed by atoms with E-state index in [-0.39, 0.29) is 27.1 Å². The number of aliphatic hydroxyl groups is 1. The lowest BCUT2D eigenvalue weighted by molar-refractivity contribution is -0.192. The number of pyridine rings is 1. The smallest absolute Gasteiger partial charge is 0.475 e. The zero-order valence-electron chi connectivity index (χ0n) is 21.8. The van der Waals surface area contributed by atoms with Crippen LogP contribution in [0, 0.1) is 0 Å². The van der Waals surface area contributed by atoms with Gasteiger partial charge in [0, 0.05) is 23.0 Å². The van der Waals surface area contributed by atoms with Crippen molar-refractivity contribution in [3.8, 4) is 11.1 Å². The molecule has 1 atom stereocenters. The summed E-state index contributed by atoms with van der Waals surface area (Å²) in [6.45, 7) is 0. The van der Waals surface area contributed by atoms with Crippen LogP contribution in [0.15, 0.2) is 85.3 Å². The van der Waals surface area contributed by atoms with Crippen molar-refractivity contribution < 1.29 is 41.4 Å². The summed E-state index contributed by atoms with van der Waals surface area (Å²) in [5.74, 6) is -2.76. The molecule has 5 rings (SSSR count). The van der Waals surface area contributed by atoms with Crippen LogP contribution in [0.1, 0.15) is 22.5 Å². The molecule has 0 saturated heterocycles. The first kappa shape index (κ1) is 31.8. The third kappa shape index (κ3) is 6.46. The molecule has 2 aromatic heterocycles. The maximum Gasteiger partial charge on any atom is 0.490 e. The fraction of sp³-hybridized carbons (Fsp3) is 0.138. The van der Waals surface area contributed by atoms with Crippen molar-refractivity contribution in [2.24, 2.45) is 7.05 Å². The molecular formula is C29H19Cl2F6N3O3. The minimum Gasteiger partial charge on any atom is -0.475 e. The molecule has 3 aromatic carbocycles. The summed E-state index contributed by atoms with van der Waals surface area (Å²) in [7, 11) is 1.74. The van der Waals surface area contributed by atoms with Crippen LogP contribution in [0.3, 0.4) is 0 Å². The second-order valence-corrected chi connectivity index (χ2v) is 9.97. The van der Waals surface area contributed by atoms with E-state index in [1.807, 2.05) is 0 Å². The van der Waals surface area contributed by atoms with Crippen molar-refractivity contribution in [2.75, 3.05) is 0 Å². The first-order chi connectivity index (χ1) is 20.0. The van der Waals surface area contributed by atoms with Gasteiger partial charge in [0.25, 0.3) is 0 Å². The van der Waals surface area contributed by atoms with Crippen LogP contribution in [0.25, 0.3) is 22.0 Å². The molecule has 5 aromatic rings. The lowest BCUT2D eigenvalue weighted by atomic mass is 9.83. The monoisotopic (exact) mass is 641 g/mol. The molecule has 224 valence electrons. The summed E-state index contributed by atoms with van der Waals surface area (Å²) in [5.41, 5.74) is -1.33. The molecule has 0 saturated carbocycles. The van der Waals surface area contributed by atoms with E-state index >= 15 is 0 Å². The summed E-state index contributed by atoms with van der Waals surface area (Å²) in [4.78, 5) is 17.0. The van der Waals surface area contributed by atoms with Gasteiger partial charge in [-0.25, -0.2) is 14.8 Å². The number of rotatable bonds is 4. The van der Waals surface area contributed by atoms with Gasteiger partial charge in [0.05, 0.1) is 28.8 Å². The number of aliphatic carboxylic acids is 1. The molecule has 0 radical (unpaired) electrons. The normalized spacial score (nSPS) is 13.3. The fourth-order valence-corrected chi connectivity index (χ4v) is 4.86. The van der Waals surface area contributed by atoms with Gasteiger partial charge in [-0.2, -0.15) is 26.3 Å². The highest BCUT2D eigenvalue weighted by molar-refractivity contribution is 6.38. The summed E-state index contributed by atoms with van der Waals surface area (Å²) in [6.07, 6.45) is -6.73. The largest absolute Gasteiger partial charge is 0.490 e. The van der Waals surface area contributed by atoms with Gasteiger partial charge in [-0.3, -0.25) is 0 Å². The van der Waals surface area contributed by atoms with Crippen LogP contribution in [-0.2, 0) is 23.6 Å². The molecule has 0 aliphatic rings. The second kappa shape index (κ2) is 11.9. The molecule has 6 nitrogen and oxygen atoms in total. The highest BCUT2D eigenvalue weighted by Gasteiger charge is 2.40. The number of imidazole rings is 1.